The SMILES string of the molecule is CCC1CCCN(CC(C)(O)C(C)C)CC1. The molecule has 2 heteroatoms. The van der Waals surface area contributed by atoms with E-state index in [2.05, 4.69) is 25.7 Å². The highest BCUT2D eigenvalue weighted by atomic mass is 16.3. The summed E-state index contributed by atoms with van der Waals surface area (Å²) in [4.78, 5) is 2.45. The second-order valence-electron chi connectivity index (χ2n) is 5.99. The molecule has 0 amide bonds. The summed E-state index contributed by atoms with van der Waals surface area (Å²) in [6, 6.07) is 0. The standard InChI is InChI=1S/C14H29NO/c1-5-13-7-6-9-15(10-8-13)11-14(4,16)12(2)3/h12-13,16H,5-11H2,1-4H3. The fraction of sp³-hybridized carbons (Fsp3) is 1.00. The molecular formula is C14H29NO. The Hall–Kier alpha value is -0.0800. The van der Waals surface area contributed by atoms with Gasteiger partial charge < -0.3 is 10.0 Å². The molecule has 2 nitrogen and oxygen atoms in total. The normalized spacial score (nSPS) is 27.8. The van der Waals surface area contributed by atoms with Crippen molar-refractivity contribution in [3.05, 3.63) is 0 Å². The number of aliphatic hydroxyl groups is 1. The lowest BCUT2D eigenvalue weighted by molar-refractivity contribution is -0.0182. The second kappa shape index (κ2) is 6.02. The summed E-state index contributed by atoms with van der Waals surface area (Å²) in [5.74, 6) is 1.24. The van der Waals surface area contributed by atoms with Crippen molar-refractivity contribution in [3.8, 4) is 0 Å². The molecule has 1 aliphatic heterocycles. The second-order valence-corrected chi connectivity index (χ2v) is 5.99. The molecule has 2 atom stereocenters. The molecule has 2 unspecified atom stereocenters. The summed E-state index contributed by atoms with van der Waals surface area (Å²) in [6.45, 7) is 11.6. The molecular weight excluding hydrogens is 198 g/mol. The highest BCUT2D eigenvalue weighted by molar-refractivity contribution is 4.82. The van der Waals surface area contributed by atoms with Gasteiger partial charge in [-0.15, -0.1) is 0 Å². The van der Waals surface area contributed by atoms with Crippen molar-refractivity contribution >= 4 is 0 Å². The molecule has 0 aromatic heterocycles. The zero-order valence-corrected chi connectivity index (χ0v) is 11.5. The quantitative estimate of drug-likeness (QED) is 0.798. The van der Waals surface area contributed by atoms with E-state index in [1.54, 1.807) is 0 Å². The van der Waals surface area contributed by atoms with E-state index in [9.17, 15) is 5.11 Å². The molecule has 1 heterocycles. The lowest BCUT2D eigenvalue weighted by Gasteiger charge is -2.33. The Labute approximate surface area is 101 Å². The lowest BCUT2D eigenvalue weighted by atomic mass is 9.92. The Morgan fingerprint density at radius 2 is 2.00 bits per heavy atom. The zero-order chi connectivity index (χ0) is 12.2. The lowest BCUT2D eigenvalue weighted by Crippen LogP contribution is -2.44. The molecule has 0 aliphatic carbocycles. The van der Waals surface area contributed by atoms with Crippen LogP contribution in [0.25, 0.3) is 0 Å². The van der Waals surface area contributed by atoms with Crippen LogP contribution in [0.4, 0.5) is 0 Å². The van der Waals surface area contributed by atoms with E-state index in [-0.39, 0.29) is 0 Å². The fourth-order valence-corrected chi connectivity index (χ4v) is 2.43. The summed E-state index contributed by atoms with van der Waals surface area (Å²) >= 11 is 0. The van der Waals surface area contributed by atoms with Gasteiger partial charge in [-0.1, -0.05) is 27.2 Å². The number of β-amino-alcohol motifs (C(OH)–C–C–N with tert-alkyl or cyclic N) is 1. The number of nitrogens with zero attached hydrogens (tertiary/aromatic N) is 1. The maximum Gasteiger partial charge on any atom is 0.0768 e. The Bertz CT molecular complexity index is 201. The number of hydrogen-bond acceptors (Lipinski definition) is 2. The number of rotatable bonds is 4. The van der Waals surface area contributed by atoms with Crippen LogP contribution in [0.2, 0.25) is 0 Å². The molecule has 0 radical (unpaired) electrons. The first-order valence-corrected chi connectivity index (χ1v) is 6.90. The third-order valence-electron chi connectivity index (χ3n) is 4.31. The van der Waals surface area contributed by atoms with Gasteiger partial charge in [0.25, 0.3) is 0 Å². The first kappa shape index (κ1) is 14.0. The topological polar surface area (TPSA) is 23.5 Å². The first-order valence-electron chi connectivity index (χ1n) is 6.90. The fourth-order valence-electron chi connectivity index (χ4n) is 2.43. The Balaban J connectivity index is 2.43. The van der Waals surface area contributed by atoms with Crippen LogP contribution in [0.1, 0.15) is 53.4 Å². The van der Waals surface area contributed by atoms with Crippen LogP contribution in [-0.2, 0) is 0 Å². The van der Waals surface area contributed by atoms with Gasteiger partial charge in [0.15, 0.2) is 0 Å². The van der Waals surface area contributed by atoms with E-state index in [4.69, 9.17) is 0 Å². The highest BCUT2D eigenvalue weighted by Gasteiger charge is 2.28. The minimum Gasteiger partial charge on any atom is -0.389 e. The van der Waals surface area contributed by atoms with E-state index in [0.29, 0.717) is 5.92 Å². The van der Waals surface area contributed by atoms with Crippen molar-refractivity contribution in [2.24, 2.45) is 11.8 Å². The summed E-state index contributed by atoms with van der Waals surface area (Å²) in [5.41, 5.74) is -0.536. The van der Waals surface area contributed by atoms with Gasteiger partial charge in [0.1, 0.15) is 0 Å². The molecule has 0 aromatic rings. The predicted octanol–water partition coefficient (Wildman–Crippen LogP) is 2.91. The van der Waals surface area contributed by atoms with Crippen molar-refractivity contribution < 1.29 is 5.11 Å². The Morgan fingerprint density at radius 1 is 1.31 bits per heavy atom. The molecule has 1 N–H and O–H groups in total. The molecule has 0 aromatic carbocycles. The van der Waals surface area contributed by atoms with Crippen LogP contribution < -0.4 is 0 Å². The van der Waals surface area contributed by atoms with Gasteiger partial charge in [0.05, 0.1) is 5.60 Å². The van der Waals surface area contributed by atoms with Gasteiger partial charge in [-0.3, -0.25) is 0 Å². The highest BCUT2D eigenvalue weighted by Crippen LogP contribution is 2.23. The molecule has 1 fully saturated rings. The van der Waals surface area contributed by atoms with Gasteiger partial charge >= 0.3 is 0 Å². The average Bonchev–Trinajstić information content (AvgIpc) is 2.42. The van der Waals surface area contributed by atoms with E-state index < -0.39 is 5.60 Å². The Morgan fingerprint density at radius 3 is 2.56 bits per heavy atom. The van der Waals surface area contributed by atoms with Gasteiger partial charge in [-0.2, -0.15) is 0 Å². The summed E-state index contributed by atoms with van der Waals surface area (Å²) < 4.78 is 0. The van der Waals surface area contributed by atoms with Crippen molar-refractivity contribution in [3.63, 3.8) is 0 Å². The van der Waals surface area contributed by atoms with E-state index in [1.165, 1.54) is 38.8 Å². The maximum atomic E-state index is 10.3. The number of hydrogen-bond donors (Lipinski definition) is 1. The smallest absolute Gasteiger partial charge is 0.0768 e. The van der Waals surface area contributed by atoms with Crippen LogP contribution in [0.5, 0.6) is 0 Å². The van der Waals surface area contributed by atoms with Crippen LogP contribution in [0.3, 0.4) is 0 Å². The molecule has 0 bridgehead atoms. The van der Waals surface area contributed by atoms with Crippen LogP contribution in [-0.4, -0.2) is 35.2 Å². The summed E-state index contributed by atoms with van der Waals surface area (Å²) in [7, 11) is 0. The summed E-state index contributed by atoms with van der Waals surface area (Å²) in [6.07, 6.45) is 5.29. The third kappa shape index (κ3) is 4.06. The van der Waals surface area contributed by atoms with Gasteiger partial charge in [-0.25, -0.2) is 0 Å². The molecule has 1 saturated heterocycles. The number of likely N-dealkylation sites (tertiary alicyclic amines) is 1. The summed E-state index contributed by atoms with van der Waals surface area (Å²) in [5, 5.41) is 10.3. The Kier molecular flexibility index (Phi) is 5.26. The van der Waals surface area contributed by atoms with E-state index >= 15 is 0 Å². The molecule has 1 aliphatic rings. The zero-order valence-electron chi connectivity index (χ0n) is 11.5. The molecule has 96 valence electrons. The first-order chi connectivity index (χ1) is 7.45. The van der Waals surface area contributed by atoms with Gasteiger partial charge in [0, 0.05) is 6.54 Å². The predicted molar refractivity (Wildman–Crippen MR) is 69.5 cm³/mol. The van der Waals surface area contributed by atoms with Crippen LogP contribution in [0.15, 0.2) is 0 Å². The van der Waals surface area contributed by atoms with Crippen molar-refractivity contribution in [1.29, 1.82) is 0 Å². The van der Waals surface area contributed by atoms with Gasteiger partial charge in [-0.05, 0) is 51.1 Å². The van der Waals surface area contributed by atoms with E-state index in [1.807, 2.05) is 6.92 Å². The molecule has 0 saturated carbocycles. The minimum absolute atomic E-state index is 0.331. The third-order valence-corrected chi connectivity index (χ3v) is 4.31. The van der Waals surface area contributed by atoms with Crippen molar-refractivity contribution in [1.82, 2.24) is 4.90 Å². The molecule has 1 rings (SSSR count). The minimum atomic E-state index is -0.536. The van der Waals surface area contributed by atoms with Crippen LogP contribution in [0, 0.1) is 11.8 Å². The van der Waals surface area contributed by atoms with Crippen molar-refractivity contribution in [2.75, 3.05) is 19.6 Å². The average molecular weight is 227 g/mol. The van der Waals surface area contributed by atoms with Gasteiger partial charge in [0.2, 0.25) is 0 Å². The van der Waals surface area contributed by atoms with Crippen LogP contribution >= 0.6 is 0 Å². The maximum absolute atomic E-state index is 10.3. The molecule has 16 heavy (non-hydrogen) atoms. The molecule has 0 spiro atoms. The van der Waals surface area contributed by atoms with E-state index in [0.717, 1.165) is 12.5 Å². The largest absolute Gasteiger partial charge is 0.389 e. The monoisotopic (exact) mass is 227 g/mol. The van der Waals surface area contributed by atoms with Crippen molar-refractivity contribution in [2.45, 2.75) is 59.0 Å².